The van der Waals surface area contributed by atoms with E-state index in [2.05, 4.69) is 35.1 Å². The van der Waals surface area contributed by atoms with Crippen molar-refractivity contribution in [3.8, 4) is 5.75 Å². The SMILES string of the molecule is CNCCc1cc(Br)c(C(C)C)cc1O. The maximum atomic E-state index is 9.84. The fraction of sp³-hybridized carbons (Fsp3) is 0.500. The summed E-state index contributed by atoms with van der Waals surface area (Å²) in [6, 6.07) is 3.88. The second-order valence-corrected chi connectivity index (χ2v) is 4.87. The van der Waals surface area contributed by atoms with E-state index in [1.807, 2.05) is 19.2 Å². The molecule has 0 heterocycles. The van der Waals surface area contributed by atoms with Crippen LogP contribution in [0, 0.1) is 0 Å². The van der Waals surface area contributed by atoms with Crippen molar-refractivity contribution < 1.29 is 5.11 Å². The van der Waals surface area contributed by atoms with Crippen LogP contribution in [0.2, 0.25) is 0 Å². The van der Waals surface area contributed by atoms with Gasteiger partial charge in [-0.1, -0.05) is 29.8 Å². The highest BCUT2D eigenvalue weighted by molar-refractivity contribution is 9.10. The van der Waals surface area contributed by atoms with Crippen molar-refractivity contribution in [2.75, 3.05) is 13.6 Å². The highest BCUT2D eigenvalue weighted by atomic mass is 79.9. The molecule has 0 radical (unpaired) electrons. The zero-order valence-corrected chi connectivity index (χ0v) is 11.1. The summed E-state index contributed by atoms with van der Waals surface area (Å²) in [6.07, 6.45) is 0.847. The molecule has 0 aromatic heterocycles. The zero-order chi connectivity index (χ0) is 11.4. The summed E-state index contributed by atoms with van der Waals surface area (Å²) in [6.45, 7) is 5.11. The molecular formula is C12H18BrNO. The standard InChI is InChI=1S/C12H18BrNO/c1-8(2)10-7-12(15)9(4-5-14-3)6-11(10)13/h6-8,14-15H,4-5H2,1-3H3. The fourth-order valence-electron chi connectivity index (χ4n) is 1.52. The van der Waals surface area contributed by atoms with Crippen LogP contribution in [0.25, 0.3) is 0 Å². The molecule has 1 aromatic rings. The fourth-order valence-corrected chi connectivity index (χ4v) is 2.37. The molecule has 0 unspecified atom stereocenters. The van der Waals surface area contributed by atoms with Crippen molar-refractivity contribution in [3.05, 3.63) is 27.7 Å². The topological polar surface area (TPSA) is 32.3 Å². The van der Waals surface area contributed by atoms with Gasteiger partial charge in [0.05, 0.1) is 0 Å². The van der Waals surface area contributed by atoms with Gasteiger partial charge in [0.25, 0.3) is 0 Å². The van der Waals surface area contributed by atoms with E-state index in [4.69, 9.17) is 0 Å². The first-order valence-electron chi connectivity index (χ1n) is 5.22. The molecule has 0 amide bonds. The second-order valence-electron chi connectivity index (χ2n) is 4.01. The summed E-state index contributed by atoms with van der Waals surface area (Å²) in [5.41, 5.74) is 2.14. The molecular weight excluding hydrogens is 254 g/mol. The van der Waals surface area contributed by atoms with E-state index in [-0.39, 0.29) is 0 Å². The predicted molar refractivity (Wildman–Crippen MR) is 67.5 cm³/mol. The number of aromatic hydroxyl groups is 1. The Bertz CT molecular complexity index is 337. The first-order chi connectivity index (χ1) is 7.06. The molecule has 0 bridgehead atoms. The Balaban J connectivity index is 2.97. The molecule has 0 fully saturated rings. The summed E-state index contributed by atoms with van der Waals surface area (Å²) in [5.74, 6) is 0.820. The van der Waals surface area contributed by atoms with Crippen LogP contribution in [-0.4, -0.2) is 18.7 Å². The van der Waals surface area contributed by atoms with Crippen LogP contribution in [0.1, 0.15) is 30.9 Å². The van der Waals surface area contributed by atoms with Gasteiger partial charge in [0.1, 0.15) is 5.75 Å². The first-order valence-corrected chi connectivity index (χ1v) is 6.01. The van der Waals surface area contributed by atoms with Crippen LogP contribution in [-0.2, 0) is 6.42 Å². The smallest absolute Gasteiger partial charge is 0.119 e. The van der Waals surface area contributed by atoms with Gasteiger partial charge in [0.2, 0.25) is 0 Å². The van der Waals surface area contributed by atoms with Crippen molar-refractivity contribution in [3.63, 3.8) is 0 Å². The molecule has 3 heteroatoms. The van der Waals surface area contributed by atoms with E-state index in [1.165, 1.54) is 0 Å². The lowest BCUT2D eigenvalue weighted by atomic mass is 10.00. The van der Waals surface area contributed by atoms with E-state index < -0.39 is 0 Å². The van der Waals surface area contributed by atoms with E-state index in [0.717, 1.165) is 28.6 Å². The minimum atomic E-state index is 0.400. The molecule has 2 N–H and O–H groups in total. The van der Waals surface area contributed by atoms with Gasteiger partial charge in [-0.05, 0) is 49.2 Å². The summed E-state index contributed by atoms with van der Waals surface area (Å²) < 4.78 is 1.08. The average molecular weight is 272 g/mol. The highest BCUT2D eigenvalue weighted by Gasteiger charge is 2.09. The number of nitrogens with one attached hydrogen (secondary N) is 1. The Morgan fingerprint density at radius 1 is 1.40 bits per heavy atom. The lowest BCUT2D eigenvalue weighted by molar-refractivity contribution is 0.466. The predicted octanol–water partition coefficient (Wildman–Crippen LogP) is 3.04. The van der Waals surface area contributed by atoms with Crippen molar-refractivity contribution in [2.45, 2.75) is 26.2 Å². The Hall–Kier alpha value is -0.540. The van der Waals surface area contributed by atoms with E-state index >= 15 is 0 Å². The van der Waals surface area contributed by atoms with Crippen LogP contribution >= 0.6 is 15.9 Å². The van der Waals surface area contributed by atoms with Gasteiger partial charge in [-0.3, -0.25) is 0 Å². The quantitative estimate of drug-likeness (QED) is 0.883. The maximum Gasteiger partial charge on any atom is 0.119 e. The van der Waals surface area contributed by atoms with Gasteiger partial charge in [0.15, 0.2) is 0 Å². The van der Waals surface area contributed by atoms with Gasteiger partial charge < -0.3 is 10.4 Å². The third kappa shape index (κ3) is 3.21. The van der Waals surface area contributed by atoms with Crippen LogP contribution < -0.4 is 5.32 Å². The molecule has 0 aliphatic carbocycles. The molecule has 0 aliphatic rings. The van der Waals surface area contributed by atoms with Gasteiger partial charge in [-0.25, -0.2) is 0 Å². The number of likely N-dealkylation sites (N-methyl/N-ethyl adjacent to an activating group) is 1. The van der Waals surface area contributed by atoms with Crippen molar-refractivity contribution in [2.24, 2.45) is 0 Å². The van der Waals surface area contributed by atoms with E-state index in [9.17, 15) is 5.11 Å². The van der Waals surface area contributed by atoms with E-state index in [0.29, 0.717) is 11.7 Å². The summed E-state index contributed by atoms with van der Waals surface area (Å²) in [4.78, 5) is 0. The number of phenolic OH excluding ortho intramolecular Hbond substituents is 1. The zero-order valence-electron chi connectivity index (χ0n) is 9.47. The Morgan fingerprint density at radius 2 is 2.07 bits per heavy atom. The molecule has 1 rings (SSSR count). The normalized spacial score (nSPS) is 11.0. The second kappa shape index (κ2) is 5.52. The van der Waals surface area contributed by atoms with Gasteiger partial charge in [-0.2, -0.15) is 0 Å². The van der Waals surface area contributed by atoms with Gasteiger partial charge in [0, 0.05) is 4.47 Å². The molecule has 0 spiro atoms. The number of halogens is 1. The van der Waals surface area contributed by atoms with Crippen molar-refractivity contribution >= 4 is 15.9 Å². The van der Waals surface area contributed by atoms with Crippen LogP contribution in [0.4, 0.5) is 0 Å². The lowest BCUT2D eigenvalue weighted by Gasteiger charge is -2.12. The van der Waals surface area contributed by atoms with Crippen molar-refractivity contribution in [1.29, 1.82) is 0 Å². The van der Waals surface area contributed by atoms with E-state index in [1.54, 1.807) is 0 Å². The summed E-state index contributed by atoms with van der Waals surface area (Å²) in [5, 5.41) is 12.9. The Labute approximate surface area is 99.8 Å². The lowest BCUT2D eigenvalue weighted by Crippen LogP contribution is -2.10. The summed E-state index contributed by atoms with van der Waals surface area (Å²) >= 11 is 3.54. The maximum absolute atomic E-state index is 9.84. The molecule has 0 aliphatic heterocycles. The molecule has 0 atom stereocenters. The molecule has 0 saturated heterocycles. The van der Waals surface area contributed by atoms with Gasteiger partial charge >= 0.3 is 0 Å². The molecule has 0 saturated carbocycles. The molecule has 1 aromatic carbocycles. The Morgan fingerprint density at radius 3 is 2.60 bits per heavy atom. The summed E-state index contributed by atoms with van der Waals surface area (Å²) in [7, 11) is 1.91. The van der Waals surface area contributed by atoms with Crippen LogP contribution in [0.5, 0.6) is 5.75 Å². The highest BCUT2D eigenvalue weighted by Crippen LogP contribution is 2.31. The van der Waals surface area contributed by atoms with Gasteiger partial charge in [-0.15, -0.1) is 0 Å². The molecule has 84 valence electrons. The molecule has 2 nitrogen and oxygen atoms in total. The number of hydrogen-bond donors (Lipinski definition) is 2. The minimum absolute atomic E-state index is 0.400. The largest absolute Gasteiger partial charge is 0.508 e. The third-order valence-electron chi connectivity index (χ3n) is 2.46. The number of rotatable bonds is 4. The van der Waals surface area contributed by atoms with Crippen LogP contribution in [0.3, 0.4) is 0 Å². The first kappa shape index (κ1) is 12.5. The van der Waals surface area contributed by atoms with Crippen molar-refractivity contribution in [1.82, 2.24) is 5.32 Å². The minimum Gasteiger partial charge on any atom is -0.508 e. The number of benzene rings is 1. The number of hydrogen-bond acceptors (Lipinski definition) is 2. The third-order valence-corrected chi connectivity index (χ3v) is 3.15. The monoisotopic (exact) mass is 271 g/mol. The van der Waals surface area contributed by atoms with Crippen LogP contribution in [0.15, 0.2) is 16.6 Å². The Kier molecular flexibility index (Phi) is 4.61. The number of phenols is 1. The average Bonchev–Trinajstić information content (AvgIpc) is 2.18. The molecule has 15 heavy (non-hydrogen) atoms.